The van der Waals surface area contributed by atoms with Crippen molar-refractivity contribution in [3.05, 3.63) is 79.1 Å². The van der Waals surface area contributed by atoms with E-state index in [-0.39, 0.29) is 5.82 Å². The van der Waals surface area contributed by atoms with E-state index in [0.717, 1.165) is 22.0 Å². The molecule has 0 unspecified atom stereocenters. The van der Waals surface area contributed by atoms with Crippen molar-refractivity contribution in [2.24, 2.45) is 0 Å². The van der Waals surface area contributed by atoms with E-state index >= 15 is 0 Å². The fourth-order valence-corrected chi connectivity index (χ4v) is 3.67. The van der Waals surface area contributed by atoms with Gasteiger partial charge in [0.2, 0.25) is 0 Å². The number of benzene rings is 1. The van der Waals surface area contributed by atoms with Crippen molar-refractivity contribution in [2.75, 3.05) is 0 Å². The van der Waals surface area contributed by atoms with E-state index in [1.54, 1.807) is 43.0 Å². The minimum atomic E-state index is -0.345. The van der Waals surface area contributed by atoms with E-state index in [2.05, 4.69) is 30.1 Å². The molecule has 7 nitrogen and oxygen atoms in total. The molecule has 0 aliphatic heterocycles. The number of hydrogen-bond acceptors (Lipinski definition) is 5. The highest BCUT2D eigenvalue weighted by atomic mass is 19.1. The van der Waals surface area contributed by atoms with Gasteiger partial charge in [-0.1, -0.05) is 18.2 Å². The molecular weight excluding hydrogens is 393 g/mol. The van der Waals surface area contributed by atoms with Crippen LogP contribution < -0.4 is 0 Å². The predicted molar refractivity (Wildman–Crippen MR) is 115 cm³/mol. The van der Waals surface area contributed by atoms with Crippen LogP contribution in [0.4, 0.5) is 4.39 Å². The Hall–Kier alpha value is -4.46. The van der Waals surface area contributed by atoms with Gasteiger partial charge in [-0.2, -0.15) is 5.10 Å². The number of H-pyrrole nitrogens is 2. The summed E-state index contributed by atoms with van der Waals surface area (Å²) in [7, 11) is 0. The van der Waals surface area contributed by atoms with Gasteiger partial charge in [0, 0.05) is 41.5 Å². The van der Waals surface area contributed by atoms with Gasteiger partial charge in [-0.3, -0.25) is 15.1 Å². The second kappa shape index (κ2) is 6.81. The maximum atomic E-state index is 14.4. The Morgan fingerprint density at radius 3 is 2.65 bits per heavy atom. The van der Waals surface area contributed by atoms with Crippen LogP contribution in [0.1, 0.15) is 0 Å². The average molecular weight is 407 g/mol. The molecule has 1 aromatic carbocycles. The average Bonchev–Trinajstić information content (AvgIpc) is 3.43. The molecule has 0 bridgehead atoms. The van der Waals surface area contributed by atoms with Gasteiger partial charge in [0.15, 0.2) is 11.5 Å². The van der Waals surface area contributed by atoms with Crippen molar-refractivity contribution >= 4 is 22.1 Å². The minimum Gasteiger partial charge on any atom is -0.336 e. The van der Waals surface area contributed by atoms with E-state index < -0.39 is 0 Å². The molecule has 0 spiro atoms. The van der Waals surface area contributed by atoms with Crippen LogP contribution in [0, 0.1) is 5.82 Å². The molecular formula is C23H14FN7. The van der Waals surface area contributed by atoms with E-state index in [9.17, 15) is 4.39 Å². The molecule has 0 saturated carbocycles. The maximum Gasteiger partial charge on any atom is 0.159 e. The van der Waals surface area contributed by atoms with Gasteiger partial charge in [-0.25, -0.2) is 14.4 Å². The second-order valence-electron chi connectivity index (χ2n) is 7.06. The van der Waals surface area contributed by atoms with E-state index in [4.69, 9.17) is 4.98 Å². The quantitative estimate of drug-likeness (QED) is 0.441. The first-order valence-electron chi connectivity index (χ1n) is 9.62. The van der Waals surface area contributed by atoms with E-state index in [1.165, 1.54) is 6.07 Å². The van der Waals surface area contributed by atoms with Gasteiger partial charge in [0.1, 0.15) is 22.7 Å². The highest BCUT2D eigenvalue weighted by molar-refractivity contribution is 5.96. The van der Waals surface area contributed by atoms with Crippen molar-refractivity contribution in [1.82, 2.24) is 35.1 Å². The number of hydrogen-bond donors (Lipinski definition) is 2. The minimum absolute atomic E-state index is 0.345. The van der Waals surface area contributed by atoms with Gasteiger partial charge in [0.25, 0.3) is 0 Å². The lowest BCUT2D eigenvalue weighted by Crippen LogP contribution is -1.89. The summed E-state index contributed by atoms with van der Waals surface area (Å²) in [5.74, 6) is 0.208. The van der Waals surface area contributed by atoms with Gasteiger partial charge < -0.3 is 4.98 Å². The van der Waals surface area contributed by atoms with Gasteiger partial charge >= 0.3 is 0 Å². The second-order valence-corrected chi connectivity index (χ2v) is 7.06. The number of aromatic amines is 2. The fraction of sp³-hybridized carbons (Fsp3) is 0. The zero-order valence-corrected chi connectivity index (χ0v) is 16.0. The predicted octanol–water partition coefficient (Wildman–Crippen LogP) is 4.76. The number of imidazole rings is 1. The highest BCUT2D eigenvalue weighted by Crippen LogP contribution is 2.32. The summed E-state index contributed by atoms with van der Waals surface area (Å²) in [6.45, 7) is 0. The first-order valence-corrected chi connectivity index (χ1v) is 9.62. The Balaban J connectivity index is 1.53. The van der Waals surface area contributed by atoms with Crippen molar-refractivity contribution in [2.45, 2.75) is 0 Å². The van der Waals surface area contributed by atoms with Crippen LogP contribution in [-0.4, -0.2) is 35.1 Å². The molecule has 0 aliphatic carbocycles. The van der Waals surface area contributed by atoms with Crippen LogP contribution in [0.3, 0.4) is 0 Å². The SMILES string of the molecule is Fc1ccccc1-c1nccc2[nH]c(-c3n[nH]c4ncc(-c5cccnc5)cc34)nc12. The highest BCUT2D eigenvalue weighted by Gasteiger charge is 2.18. The Morgan fingerprint density at radius 2 is 1.77 bits per heavy atom. The standard InChI is InChI=1S/C23H14FN7/c24-17-6-2-1-5-15(17)19-21-18(7-9-26-19)28-23(29-21)20-16-10-14(12-27-22(16)31-30-20)13-4-3-8-25-11-13/h1-12H,(H,28,29)(H,27,30,31). The van der Waals surface area contributed by atoms with E-state index in [1.807, 2.05) is 24.3 Å². The molecule has 31 heavy (non-hydrogen) atoms. The smallest absolute Gasteiger partial charge is 0.159 e. The van der Waals surface area contributed by atoms with Gasteiger partial charge in [-0.05, 0) is 30.3 Å². The largest absolute Gasteiger partial charge is 0.336 e. The zero-order valence-electron chi connectivity index (χ0n) is 16.0. The molecule has 6 aromatic rings. The van der Waals surface area contributed by atoms with Crippen molar-refractivity contribution in [1.29, 1.82) is 0 Å². The number of aromatic nitrogens is 7. The van der Waals surface area contributed by atoms with Crippen molar-refractivity contribution in [3.63, 3.8) is 0 Å². The van der Waals surface area contributed by atoms with Crippen LogP contribution in [0.2, 0.25) is 0 Å². The monoisotopic (exact) mass is 407 g/mol. The van der Waals surface area contributed by atoms with Crippen molar-refractivity contribution < 1.29 is 4.39 Å². The summed E-state index contributed by atoms with van der Waals surface area (Å²) < 4.78 is 14.4. The van der Waals surface area contributed by atoms with Crippen LogP contribution >= 0.6 is 0 Å². The van der Waals surface area contributed by atoms with Gasteiger partial charge in [-0.15, -0.1) is 0 Å². The molecule has 0 fully saturated rings. The molecule has 2 N–H and O–H groups in total. The third-order valence-electron chi connectivity index (χ3n) is 5.17. The lowest BCUT2D eigenvalue weighted by atomic mass is 10.1. The number of fused-ring (bicyclic) bond motifs is 2. The lowest BCUT2D eigenvalue weighted by Gasteiger charge is -2.02. The van der Waals surface area contributed by atoms with Crippen LogP contribution in [0.15, 0.2) is 73.3 Å². The normalized spacial score (nSPS) is 11.4. The Kier molecular flexibility index (Phi) is 3.82. The zero-order chi connectivity index (χ0) is 20.8. The molecule has 148 valence electrons. The summed E-state index contributed by atoms with van der Waals surface area (Å²) >= 11 is 0. The van der Waals surface area contributed by atoms with Crippen LogP contribution in [0.25, 0.3) is 56.0 Å². The summed E-state index contributed by atoms with van der Waals surface area (Å²) in [5.41, 5.74) is 5.36. The third kappa shape index (κ3) is 2.84. The summed E-state index contributed by atoms with van der Waals surface area (Å²) in [6.07, 6.45) is 6.93. The number of halogens is 1. The number of nitrogens with one attached hydrogen (secondary N) is 2. The number of pyridine rings is 3. The summed E-state index contributed by atoms with van der Waals surface area (Å²) in [4.78, 5) is 21.0. The van der Waals surface area contributed by atoms with E-state index in [0.29, 0.717) is 33.9 Å². The van der Waals surface area contributed by atoms with Gasteiger partial charge in [0.05, 0.1) is 10.9 Å². The molecule has 5 aromatic heterocycles. The Morgan fingerprint density at radius 1 is 0.839 bits per heavy atom. The molecule has 8 heteroatoms. The Labute approximate surface area is 175 Å². The molecule has 0 radical (unpaired) electrons. The Bertz CT molecular complexity index is 1550. The first kappa shape index (κ1) is 17.4. The lowest BCUT2D eigenvalue weighted by molar-refractivity contribution is 0.631. The van der Waals surface area contributed by atoms with Crippen molar-refractivity contribution in [3.8, 4) is 33.9 Å². The fourth-order valence-electron chi connectivity index (χ4n) is 3.67. The molecule has 0 saturated heterocycles. The molecule has 0 atom stereocenters. The summed E-state index contributed by atoms with van der Waals surface area (Å²) in [6, 6.07) is 14.2. The third-order valence-corrected chi connectivity index (χ3v) is 5.17. The maximum absolute atomic E-state index is 14.4. The number of nitrogens with zero attached hydrogens (tertiary/aromatic N) is 5. The first-order chi connectivity index (χ1) is 15.3. The van der Waals surface area contributed by atoms with Crippen LogP contribution in [-0.2, 0) is 0 Å². The number of rotatable bonds is 3. The topological polar surface area (TPSA) is 96.0 Å². The molecule has 6 rings (SSSR count). The summed E-state index contributed by atoms with van der Waals surface area (Å²) in [5, 5.41) is 8.20. The molecule has 0 amide bonds. The molecule has 5 heterocycles. The van der Waals surface area contributed by atoms with Crippen LogP contribution in [0.5, 0.6) is 0 Å². The molecule has 0 aliphatic rings.